The van der Waals surface area contributed by atoms with Gasteiger partial charge in [-0.25, -0.2) is 4.98 Å². The van der Waals surface area contributed by atoms with E-state index in [1.54, 1.807) is 18.2 Å². The molecule has 0 unspecified atom stereocenters. The summed E-state index contributed by atoms with van der Waals surface area (Å²) in [4.78, 5) is 27.0. The number of halogens is 1. The zero-order chi connectivity index (χ0) is 16.1. The Morgan fingerprint density at radius 3 is 2.74 bits per heavy atom. The summed E-state index contributed by atoms with van der Waals surface area (Å²) < 4.78 is 5.09. The number of benzene rings is 1. The van der Waals surface area contributed by atoms with Crippen molar-refractivity contribution in [1.29, 1.82) is 0 Å². The summed E-state index contributed by atoms with van der Waals surface area (Å²) in [6.45, 7) is 0. The van der Waals surface area contributed by atoms with Gasteiger partial charge in [-0.1, -0.05) is 11.6 Å². The predicted molar refractivity (Wildman–Crippen MR) is 81.1 cm³/mol. The van der Waals surface area contributed by atoms with Gasteiger partial charge in [0.05, 0.1) is 13.1 Å². The molecule has 5 nitrogen and oxygen atoms in total. The normalized spacial score (nSPS) is 9.83. The van der Waals surface area contributed by atoms with Crippen LogP contribution in [0.2, 0.25) is 5.02 Å². The van der Waals surface area contributed by atoms with Gasteiger partial charge in [0.15, 0.2) is 5.12 Å². The molecule has 0 atom stereocenters. The van der Waals surface area contributed by atoms with Crippen LogP contribution in [-0.4, -0.2) is 23.2 Å². The second-order valence-electron chi connectivity index (χ2n) is 4.25. The monoisotopic (exact) mass is 375 g/mol. The molecule has 1 aromatic heterocycles. The van der Waals surface area contributed by atoms with Crippen molar-refractivity contribution < 1.29 is 70.8 Å². The summed E-state index contributed by atoms with van der Waals surface area (Å²) in [7, 11) is 1.52. The van der Waals surface area contributed by atoms with Gasteiger partial charge in [0.2, 0.25) is 0 Å². The number of carboxylic acid groups (broad SMARTS) is 1. The van der Waals surface area contributed by atoms with Crippen LogP contribution in [0.4, 0.5) is 0 Å². The first-order valence-electron chi connectivity index (χ1n) is 6.20. The van der Waals surface area contributed by atoms with E-state index in [2.05, 4.69) is 4.98 Å². The maximum absolute atomic E-state index is 12.1. The number of thioether (sulfide) groups is 1. The Bertz CT molecular complexity index is 726. The molecule has 0 radical (unpaired) electrons. The number of hydrogen-bond donors (Lipinski definition) is 0. The fourth-order valence-electron chi connectivity index (χ4n) is 1.74. The number of carbonyl (C=O) groups is 2. The molecule has 0 spiro atoms. The molecule has 0 bridgehead atoms. The molecule has 0 saturated carbocycles. The van der Waals surface area contributed by atoms with Crippen LogP contribution in [0, 0.1) is 0 Å². The molecule has 1 aromatic carbocycles. The second-order valence-corrected chi connectivity index (χ2v) is 5.71. The average molecular weight is 376 g/mol. The predicted octanol–water partition coefficient (Wildman–Crippen LogP) is -1.03. The molecule has 1 heterocycles. The molecule has 0 amide bonds. The SMILES string of the molecule is COc1ccc(Cl)c(CC(=O)Sc2ncccc2C(=O)[O-])c1.[K+]. The van der Waals surface area contributed by atoms with E-state index < -0.39 is 5.97 Å². The van der Waals surface area contributed by atoms with Crippen molar-refractivity contribution in [3.63, 3.8) is 0 Å². The van der Waals surface area contributed by atoms with Gasteiger partial charge in [0.1, 0.15) is 10.8 Å². The largest absolute Gasteiger partial charge is 1.00 e. The van der Waals surface area contributed by atoms with Crippen molar-refractivity contribution >= 4 is 34.4 Å². The minimum Gasteiger partial charge on any atom is -0.545 e. The summed E-state index contributed by atoms with van der Waals surface area (Å²) in [6, 6.07) is 7.81. The topological polar surface area (TPSA) is 79.3 Å². The van der Waals surface area contributed by atoms with Gasteiger partial charge in [-0.3, -0.25) is 4.79 Å². The molecule has 0 saturated heterocycles. The third kappa shape index (κ3) is 5.86. The zero-order valence-electron chi connectivity index (χ0n) is 12.5. The van der Waals surface area contributed by atoms with Gasteiger partial charge in [0, 0.05) is 23.2 Å². The number of rotatable bonds is 5. The fourth-order valence-corrected chi connectivity index (χ4v) is 2.74. The number of nitrogens with zero attached hydrogens (tertiary/aromatic N) is 1. The number of aromatic nitrogens is 1. The Morgan fingerprint density at radius 1 is 1.35 bits per heavy atom. The standard InChI is InChI=1S/C15H12ClNO4S.K/c1-21-10-4-5-12(16)9(7-10)8-13(18)22-14-11(15(19)20)3-2-6-17-14;/h2-7H,8H2,1H3,(H,19,20);/q;+1/p-1. The smallest absolute Gasteiger partial charge is 0.545 e. The van der Waals surface area contributed by atoms with Crippen molar-refractivity contribution in [2.45, 2.75) is 11.4 Å². The van der Waals surface area contributed by atoms with Crippen LogP contribution in [0.25, 0.3) is 0 Å². The van der Waals surface area contributed by atoms with Crippen LogP contribution in [0.15, 0.2) is 41.6 Å². The van der Waals surface area contributed by atoms with E-state index in [-0.39, 0.29) is 73.5 Å². The van der Waals surface area contributed by atoms with E-state index in [0.29, 0.717) is 16.3 Å². The zero-order valence-corrected chi connectivity index (χ0v) is 17.2. The summed E-state index contributed by atoms with van der Waals surface area (Å²) in [5, 5.41) is 11.2. The summed E-state index contributed by atoms with van der Waals surface area (Å²) in [5.41, 5.74) is 0.488. The van der Waals surface area contributed by atoms with E-state index in [1.165, 1.54) is 25.4 Å². The van der Waals surface area contributed by atoms with E-state index in [9.17, 15) is 14.7 Å². The molecular weight excluding hydrogens is 365 g/mol. The number of pyridine rings is 1. The van der Waals surface area contributed by atoms with Crippen molar-refractivity contribution in [3.05, 3.63) is 52.7 Å². The Kier molecular flexibility index (Phi) is 8.77. The van der Waals surface area contributed by atoms with Crippen molar-refractivity contribution in [2.75, 3.05) is 7.11 Å². The minimum atomic E-state index is -1.37. The molecule has 0 aliphatic carbocycles. The number of methoxy groups -OCH3 is 1. The van der Waals surface area contributed by atoms with Crippen LogP contribution < -0.4 is 61.2 Å². The van der Waals surface area contributed by atoms with Crippen LogP contribution in [0.1, 0.15) is 15.9 Å². The molecule has 8 heteroatoms. The maximum atomic E-state index is 12.1. The number of aromatic carboxylic acids is 1. The first-order chi connectivity index (χ1) is 10.5. The Balaban J connectivity index is 0.00000264. The van der Waals surface area contributed by atoms with Crippen LogP contribution in [-0.2, 0) is 11.2 Å². The third-order valence-corrected chi connectivity index (χ3v) is 4.05. The van der Waals surface area contributed by atoms with Gasteiger partial charge in [-0.05, 0) is 47.7 Å². The quantitative estimate of drug-likeness (QED) is 0.491. The summed E-state index contributed by atoms with van der Waals surface area (Å²) >= 11 is 6.79. The molecule has 0 N–H and O–H groups in total. The number of carbonyl (C=O) groups excluding carboxylic acids is 2. The molecule has 23 heavy (non-hydrogen) atoms. The number of carboxylic acids is 1. The Hall–Kier alpha value is -0.414. The average Bonchev–Trinajstić information content (AvgIpc) is 2.49. The first kappa shape index (κ1) is 20.6. The molecule has 114 valence electrons. The van der Waals surface area contributed by atoms with E-state index in [0.717, 1.165) is 11.8 Å². The van der Waals surface area contributed by atoms with E-state index >= 15 is 0 Å². The number of ether oxygens (including phenoxy) is 1. The molecule has 0 aliphatic heterocycles. The molecule has 0 fully saturated rings. The molecule has 2 aromatic rings. The van der Waals surface area contributed by atoms with E-state index in [4.69, 9.17) is 16.3 Å². The molecule has 2 rings (SSSR count). The van der Waals surface area contributed by atoms with Gasteiger partial charge in [-0.15, -0.1) is 0 Å². The summed E-state index contributed by atoms with van der Waals surface area (Å²) in [5.74, 6) is -0.784. The summed E-state index contributed by atoms with van der Waals surface area (Å²) in [6.07, 6.45) is 1.45. The van der Waals surface area contributed by atoms with Gasteiger partial charge < -0.3 is 14.6 Å². The molecule has 0 aliphatic rings. The first-order valence-corrected chi connectivity index (χ1v) is 7.40. The molecular formula is C15H11ClKNO4S. The minimum absolute atomic E-state index is 0. The maximum Gasteiger partial charge on any atom is 1.00 e. The second kappa shape index (κ2) is 9.78. The van der Waals surface area contributed by atoms with Gasteiger partial charge >= 0.3 is 51.4 Å². The number of hydrogen-bond acceptors (Lipinski definition) is 6. The third-order valence-electron chi connectivity index (χ3n) is 2.79. The van der Waals surface area contributed by atoms with Crippen LogP contribution >= 0.6 is 23.4 Å². The van der Waals surface area contributed by atoms with Crippen molar-refractivity contribution in [1.82, 2.24) is 4.98 Å². The Labute approximate surface area is 185 Å². The van der Waals surface area contributed by atoms with Gasteiger partial charge in [-0.2, -0.15) is 0 Å². The Morgan fingerprint density at radius 2 is 2.09 bits per heavy atom. The fraction of sp³-hybridized carbons (Fsp3) is 0.133. The van der Waals surface area contributed by atoms with Crippen LogP contribution in [0.5, 0.6) is 5.75 Å². The van der Waals surface area contributed by atoms with Crippen LogP contribution in [0.3, 0.4) is 0 Å². The van der Waals surface area contributed by atoms with Gasteiger partial charge in [0.25, 0.3) is 0 Å². The van der Waals surface area contributed by atoms with Crippen molar-refractivity contribution in [2.24, 2.45) is 0 Å². The van der Waals surface area contributed by atoms with E-state index in [1.807, 2.05) is 0 Å². The van der Waals surface area contributed by atoms with Crippen molar-refractivity contribution in [3.8, 4) is 5.75 Å².